The molecule has 0 aliphatic carbocycles. The van der Waals surface area contributed by atoms with Crippen molar-refractivity contribution in [2.45, 2.75) is 19.3 Å². The van der Waals surface area contributed by atoms with Gasteiger partial charge in [-0.15, -0.1) is 6.54 Å². The molecule has 1 atom stereocenters. The molecular formula is C7H14B2N2O4Y-2. The molecular weight excluding hydrogens is 287 g/mol. The summed E-state index contributed by atoms with van der Waals surface area (Å²) in [6, 6.07) is -0.532. The maximum Gasteiger partial charge on any atom is 0 e. The van der Waals surface area contributed by atoms with E-state index in [2.05, 4.69) is 0 Å². The summed E-state index contributed by atoms with van der Waals surface area (Å²) >= 11 is 0. The third kappa shape index (κ3) is 6.86. The summed E-state index contributed by atoms with van der Waals surface area (Å²) in [4.78, 5) is 12.1. The van der Waals surface area contributed by atoms with Crippen LogP contribution in [0.4, 0.5) is 0 Å². The minimum Gasteiger partial charge on any atom is 0 e. The monoisotopic (exact) mass is 301 g/mol. The molecule has 87 valence electrons. The van der Waals surface area contributed by atoms with Crippen molar-refractivity contribution < 1.29 is 52.3 Å². The van der Waals surface area contributed by atoms with Crippen LogP contribution in [0, 0.1) is 6.42 Å². The normalized spacial score (nSPS) is 18.8. The van der Waals surface area contributed by atoms with Gasteiger partial charge in [-0.2, -0.15) is 6.42 Å². The van der Waals surface area contributed by atoms with Crippen LogP contribution in [0.1, 0.15) is 6.42 Å². The van der Waals surface area contributed by atoms with Crippen molar-refractivity contribution in [1.82, 2.24) is 4.81 Å². The molecule has 0 amide bonds. The quantitative estimate of drug-likeness (QED) is 0.540. The Morgan fingerprint density at radius 2 is 2.25 bits per heavy atom. The van der Waals surface area contributed by atoms with Crippen molar-refractivity contribution in [2.75, 3.05) is 13.0 Å². The molecule has 0 bridgehead atoms. The number of hydrogen-bond acceptors (Lipinski definition) is 4. The Labute approximate surface area is 121 Å². The Morgan fingerprint density at radius 3 is 2.50 bits per heavy atom. The Balaban J connectivity index is 0. The number of carbonyl (C=O) groups is 1. The minimum absolute atomic E-state index is 0. The Hall–Kier alpha value is 0.384. The molecule has 0 spiro atoms. The summed E-state index contributed by atoms with van der Waals surface area (Å²) < 4.78 is 8.99. The van der Waals surface area contributed by atoms with Crippen molar-refractivity contribution in [3.63, 3.8) is 0 Å². The summed E-state index contributed by atoms with van der Waals surface area (Å²) in [5.41, 5.74) is 6.08. The maximum atomic E-state index is 10.5. The Bertz CT molecular complexity index is 221. The summed E-state index contributed by atoms with van der Waals surface area (Å²) in [6.45, 7) is 2.14. The second-order valence-corrected chi connectivity index (χ2v) is 3.08. The first-order chi connectivity index (χ1) is 7.04. The predicted molar refractivity (Wildman–Crippen MR) is 56.5 cm³/mol. The van der Waals surface area contributed by atoms with Gasteiger partial charge in [0.05, 0.1) is 6.04 Å². The first kappa shape index (κ1) is 18.7. The molecule has 0 aromatic carbocycles. The molecule has 1 fully saturated rings. The fourth-order valence-electron chi connectivity index (χ4n) is 1.30. The van der Waals surface area contributed by atoms with Crippen LogP contribution in [0.2, 0.25) is 6.82 Å². The van der Waals surface area contributed by atoms with E-state index in [0.717, 1.165) is 0 Å². The largest absolute Gasteiger partial charge is 0 e. The minimum atomic E-state index is -0.861. The zero-order valence-corrected chi connectivity index (χ0v) is 12.0. The van der Waals surface area contributed by atoms with Gasteiger partial charge in [-0.05, 0) is 6.82 Å². The third-order valence-electron chi connectivity index (χ3n) is 1.98. The van der Waals surface area contributed by atoms with Gasteiger partial charge < -0.3 is 21.4 Å². The molecule has 3 N–H and O–H groups in total. The smallest absolute Gasteiger partial charge is 0 e. The van der Waals surface area contributed by atoms with Gasteiger partial charge in [-0.1, -0.05) is 0 Å². The molecule has 1 unspecified atom stereocenters. The number of nitrogens with one attached hydrogen (secondary N) is 1. The van der Waals surface area contributed by atoms with Crippen molar-refractivity contribution in [1.29, 1.82) is 0 Å². The number of carboxylic acids is 1. The van der Waals surface area contributed by atoms with Crippen LogP contribution in [0.25, 0.3) is 5.73 Å². The molecule has 0 aromatic heterocycles. The van der Waals surface area contributed by atoms with E-state index in [9.17, 15) is 4.79 Å². The van der Waals surface area contributed by atoms with Gasteiger partial charge in [-0.3, -0.25) is 4.79 Å². The molecule has 1 rings (SSSR count). The molecule has 0 aromatic rings. The number of aliphatic carboxylic acids is 1. The summed E-state index contributed by atoms with van der Waals surface area (Å²) in [6.07, 6.45) is 2.28. The number of carboxylic acid groups (broad SMARTS) is 1. The average molecular weight is 301 g/mol. The SMILES string of the molecule is CB(O)N1C[CH-]CC1C(=O)O.[NH-]CB=O.[Y]. The summed E-state index contributed by atoms with van der Waals surface area (Å²) in [5.74, 6) is -0.861. The molecule has 1 heterocycles. The second kappa shape index (κ2) is 10.5. The molecule has 0 saturated carbocycles. The predicted octanol–water partition coefficient (Wildman–Crippen LogP) is -0.497. The van der Waals surface area contributed by atoms with Crippen molar-refractivity contribution in [3.8, 4) is 0 Å². The van der Waals surface area contributed by atoms with E-state index in [-0.39, 0.29) is 39.2 Å². The van der Waals surface area contributed by atoms with Crippen molar-refractivity contribution in [2.24, 2.45) is 0 Å². The summed E-state index contributed by atoms with van der Waals surface area (Å²) in [5, 5.41) is 17.8. The Morgan fingerprint density at radius 1 is 1.75 bits per heavy atom. The van der Waals surface area contributed by atoms with Gasteiger partial charge in [0.25, 0.3) is 0 Å². The number of rotatable bonds is 3. The van der Waals surface area contributed by atoms with Gasteiger partial charge in [0.15, 0.2) is 0 Å². The maximum absolute atomic E-state index is 10.5. The first-order valence-corrected chi connectivity index (χ1v) is 4.61. The van der Waals surface area contributed by atoms with Crippen LogP contribution in [0.5, 0.6) is 0 Å². The average Bonchev–Trinajstić information content (AvgIpc) is 2.66. The van der Waals surface area contributed by atoms with Crippen LogP contribution in [0.15, 0.2) is 0 Å². The molecule has 1 aliphatic rings. The number of nitrogens with zero attached hydrogens (tertiary/aromatic N) is 1. The van der Waals surface area contributed by atoms with Crippen molar-refractivity contribution >= 4 is 20.2 Å². The topological polar surface area (TPSA) is 102 Å². The molecule has 1 radical (unpaired) electrons. The van der Waals surface area contributed by atoms with Crippen LogP contribution in [0.3, 0.4) is 0 Å². The molecule has 6 nitrogen and oxygen atoms in total. The van der Waals surface area contributed by atoms with Crippen LogP contribution in [-0.2, 0) is 42.2 Å². The van der Waals surface area contributed by atoms with Gasteiger partial charge in [0.2, 0.25) is 0 Å². The molecule has 9 heteroatoms. The van der Waals surface area contributed by atoms with Crippen LogP contribution < -0.4 is 0 Å². The van der Waals surface area contributed by atoms with Gasteiger partial charge >= 0.3 is 37.1 Å². The van der Waals surface area contributed by atoms with Gasteiger partial charge in [0, 0.05) is 32.7 Å². The molecule has 16 heavy (non-hydrogen) atoms. The first-order valence-electron chi connectivity index (χ1n) is 4.61. The summed E-state index contributed by atoms with van der Waals surface area (Å²) in [7, 11) is -0.130. The van der Waals surface area contributed by atoms with Gasteiger partial charge in [-0.25, -0.2) is 0 Å². The van der Waals surface area contributed by atoms with E-state index in [4.69, 9.17) is 20.6 Å². The number of hydrogen-bond donors (Lipinski definition) is 2. The van der Waals surface area contributed by atoms with E-state index >= 15 is 0 Å². The molecule has 1 saturated heterocycles. The van der Waals surface area contributed by atoms with E-state index in [1.807, 2.05) is 6.42 Å². The fourth-order valence-corrected chi connectivity index (χ4v) is 1.30. The van der Waals surface area contributed by atoms with Crippen LogP contribution in [-0.4, -0.2) is 54.1 Å². The Kier molecular flexibility index (Phi) is 12.3. The zero-order chi connectivity index (χ0) is 11.8. The fraction of sp³-hybridized carbons (Fsp3) is 0.714. The zero-order valence-electron chi connectivity index (χ0n) is 9.17. The van der Waals surface area contributed by atoms with E-state index in [1.165, 1.54) is 0 Å². The van der Waals surface area contributed by atoms with Crippen LogP contribution >= 0.6 is 0 Å². The van der Waals surface area contributed by atoms with Gasteiger partial charge in [0.1, 0.15) is 0 Å². The van der Waals surface area contributed by atoms with Crippen molar-refractivity contribution in [3.05, 3.63) is 12.2 Å². The van der Waals surface area contributed by atoms with E-state index in [1.54, 1.807) is 11.6 Å². The standard InChI is InChI=1S/C6H11BNO3.CH3BNO.Y/c1-7(11)8-4-2-3-5(8)6(9)10;3-1-2-4;/h2,5,11H,3-4H2,1H3,(H,9,10);3H,1H2;/q2*-1;. The third-order valence-corrected chi connectivity index (χ3v) is 1.98. The second-order valence-electron chi connectivity index (χ2n) is 3.08. The molecule has 1 aliphatic heterocycles. The van der Waals surface area contributed by atoms with E-state index in [0.29, 0.717) is 20.1 Å². The van der Waals surface area contributed by atoms with E-state index < -0.39 is 19.1 Å².